The Hall–Kier alpha value is -3.15. The summed E-state index contributed by atoms with van der Waals surface area (Å²) < 4.78 is 0. The first kappa shape index (κ1) is 18.2. The molecule has 2 aliphatic rings. The van der Waals surface area contributed by atoms with Crippen LogP contribution in [-0.2, 0) is 27.2 Å². The van der Waals surface area contributed by atoms with Gasteiger partial charge < -0.3 is 15.5 Å². The van der Waals surface area contributed by atoms with Crippen LogP contribution in [-0.4, -0.2) is 35.7 Å². The van der Waals surface area contributed by atoms with Crippen molar-refractivity contribution >= 4 is 29.1 Å². The van der Waals surface area contributed by atoms with Crippen molar-refractivity contribution in [1.82, 2.24) is 4.90 Å². The fourth-order valence-corrected chi connectivity index (χ4v) is 3.78. The molecule has 0 spiro atoms. The van der Waals surface area contributed by atoms with E-state index in [1.165, 1.54) is 5.56 Å². The Bertz CT molecular complexity index is 910. The van der Waals surface area contributed by atoms with Gasteiger partial charge in [0.25, 0.3) is 0 Å². The van der Waals surface area contributed by atoms with E-state index < -0.39 is 0 Å². The third-order valence-corrected chi connectivity index (χ3v) is 5.37. The van der Waals surface area contributed by atoms with Crippen LogP contribution in [0.4, 0.5) is 11.4 Å². The molecule has 3 amide bonds. The molecule has 144 valence electrons. The minimum absolute atomic E-state index is 0.0179. The number of anilines is 2. The molecule has 2 heterocycles. The summed E-state index contributed by atoms with van der Waals surface area (Å²) in [6.45, 7) is 1.09. The first-order valence-electron chi connectivity index (χ1n) is 9.64. The molecular formula is C22H23N3O3. The van der Waals surface area contributed by atoms with Gasteiger partial charge in [0, 0.05) is 37.3 Å². The number of hydrogen-bond donors (Lipinski definition) is 2. The van der Waals surface area contributed by atoms with Crippen LogP contribution in [0, 0.1) is 5.92 Å². The van der Waals surface area contributed by atoms with E-state index in [1.807, 2.05) is 42.5 Å². The van der Waals surface area contributed by atoms with Crippen molar-refractivity contribution < 1.29 is 14.4 Å². The van der Waals surface area contributed by atoms with E-state index in [4.69, 9.17) is 0 Å². The zero-order valence-corrected chi connectivity index (χ0v) is 15.6. The predicted molar refractivity (Wildman–Crippen MR) is 107 cm³/mol. The third-order valence-electron chi connectivity index (χ3n) is 5.37. The highest BCUT2D eigenvalue weighted by Gasteiger charge is 2.34. The Kier molecular flexibility index (Phi) is 5.10. The minimum Gasteiger partial charge on any atom is -0.342 e. The maximum Gasteiger partial charge on any atom is 0.229 e. The van der Waals surface area contributed by atoms with E-state index in [1.54, 1.807) is 11.0 Å². The SMILES string of the molecule is O=C1CCc2cc(NC(=O)[C@@H]3CC(=O)N(CCc4ccccc4)C3)ccc2N1. The van der Waals surface area contributed by atoms with Gasteiger partial charge in [-0.05, 0) is 42.2 Å². The van der Waals surface area contributed by atoms with Crippen LogP contribution in [0.2, 0.25) is 0 Å². The number of carbonyl (C=O) groups is 3. The molecule has 0 bridgehead atoms. The fraction of sp³-hybridized carbons (Fsp3) is 0.318. The molecule has 4 rings (SSSR count). The van der Waals surface area contributed by atoms with Gasteiger partial charge in [-0.15, -0.1) is 0 Å². The highest BCUT2D eigenvalue weighted by atomic mass is 16.2. The quantitative estimate of drug-likeness (QED) is 0.841. The number of hydrogen-bond acceptors (Lipinski definition) is 3. The lowest BCUT2D eigenvalue weighted by molar-refractivity contribution is -0.128. The van der Waals surface area contributed by atoms with E-state index in [-0.39, 0.29) is 30.1 Å². The van der Waals surface area contributed by atoms with Gasteiger partial charge in [0.2, 0.25) is 17.7 Å². The molecule has 0 saturated carbocycles. The van der Waals surface area contributed by atoms with Crippen molar-refractivity contribution in [2.45, 2.75) is 25.7 Å². The second kappa shape index (κ2) is 7.84. The van der Waals surface area contributed by atoms with Crippen molar-refractivity contribution in [1.29, 1.82) is 0 Å². The highest BCUT2D eigenvalue weighted by Crippen LogP contribution is 2.27. The molecule has 1 saturated heterocycles. The van der Waals surface area contributed by atoms with E-state index in [2.05, 4.69) is 10.6 Å². The molecule has 0 radical (unpaired) electrons. The summed E-state index contributed by atoms with van der Waals surface area (Å²) in [5.41, 5.74) is 3.71. The van der Waals surface area contributed by atoms with Crippen LogP contribution < -0.4 is 10.6 Å². The Balaban J connectivity index is 1.34. The molecule has 0 unspecified atom stereocenters. The molecule has 6 heteroatoms. The Morgan fingerprint density at radius 3 is 2.75 bits per heavy atom. The largest absolute Gasteiger partial charge is 0.342 e. The fourth-order valence-electron chi connectivity index (χ4n) is 3.78. The molecule has 1 fully saturated rings. The molecule has 6 nitrogen and oxygen atoms in total. The molecule has 0 aliphatic carbocycles. The van der Waals surface area contributed by atoms with Gasteiger partial charge in [-0.2, -0.15) is 0 Å². The van der Waals surface area contributed by atoms with Gasteiger partial charge in [-0.3, -0.25) is 14.4 Å². The average Bonchev–Trinajstić information content (AvgIpc) is 3.08. The van der Waals surface area contributed by atoms with Gasteiger partial charge >= 0.3 is 0 Å². The van der Waals surface area contributed by atoms with Crippen LogP contribution in [0.1, 0.15) is 24.0 Å². The topological polar surface area (TPSA) is 78.5 Å². The molecule has 2 aliphatic heterocycles. The Morgan fingerprint density at radius 1 is 1.11 bits per heavy atom. The summed E-state index contributed by atoms with van der Waals surface area (Å²) in [5.74, 6) is -0.414. The number of likely N-dealkylation sites (tertiary alicyclic amines) is 1. The Morgan fingerprint density at radius 2 is 1.93 bits per heavy atom. The number of rotatable bonds is 5. The number of fused-ring (bicyclic) bond motifs is 1. The van der Waals surface area contributed by atoms with Crippen LogP contribution >= 0.6 is 0 Å². The van der Waals surface area contributed by atoms with Crippen molar-refractivity contribution in [3.8, 4) is 0 Å². The van der Waals surface area contributed by atoms with Gasteiger partial charge in [0.1, 0.15) is 0 Å². The highest BCUT2D eigenvalue weighted by molar-refractivity contribution is 5.98. The van der Waals surface area contributed by atoms with Crippen molar-refractivity contribution in [3.05, 3.63) is 59.7 Å². The van der Waals surface area contributed by atoms with Crippen molar-refractivity contribution in [2.24, 2.45) is 5.92 Å². The van der Waals surface area contributed by atoms with Crippen LogP contribution in [0.3, 0.4) is 0 Å². The second-order valence-corrected chi connectivity index (χ2v) is 7.39. The lowest BCUT2D eigenvalue weighted by atomic mass is 10.0. The van der Waals surface area contributed by atoms with Crippen LogP contribution in [0.25, 0.3) is 0 Å². The summed E-state index contributed by atoms with van der Waals surface area (Å²) in [7, 11) is 0. The second-order valence-electron chi connectivity index (χ2n) is 7.39. The first-order valence-corrected chi connectivity index (χ1v) is 9.64. The molecule has 0 aromatic heterocycles. The lowest BCUT2D eigenvalue weighted by Crippen LogP contribution is -2.30. The van der Waals surface area contributed by atoms with Crippen LogP contribution in [0.5, 0.6) is 0 Å². The zero-order valence-electron chi connectivity index (χ0n) is 15.6. The summed E-state index contributed by atoms with van der Waals surface area (Å²) in [5, 5.41) is 5.76. The standard InChI is InChI=1S/C22H23N3O3/c26-20-9-6-16-12-18(7-8-19(16)24-20)23-22(28)17-13-21(27)25(14-17)11-10-15-4-2-1-3-5-15/h1-5,7-8,12,17H,6,9-11,13-14H2,(H,23,28)(H,24,26)/t17-/m1/s1. The predicted octanol–water partition coefficient (Wildman–Crippen LogP) is 2.60. The molecule has 28 heavy (non-hydrogen) atoms. The van der Waals surface area contributed by atoms with Gasteiger partial charge in [0.05, 0.1) is 5.92 Å². The average molecular weight is 377 g/mol. The number of amides is 3. The summed E-state index contributed by atoms with van der Waals surface area (Å²) >= 11 is 0. The maximum absolute atomic E-state index is 12.6. The maximum atomic E-state index is 12.6. The van der Waals surface area contributed by atoms with E-state index in [9.17, 15) is 14.4 Å². The van der Waals surface area contributed by atoms with E-state index >= 15 is 0 Å². The summed E-state index contributed by atoms with van der Waals surface area (Å²) in [4.78, 5) is 38.2. The molecule has 1 atom stereocenters. The van der Waals surface area contributed by atoms with Gasteiger partial charge in [-0.1, -0.05) is 30.3 Å². The van der Waals surface area contributed by atoms with Gasteiger partial charge in [0.15, 0.2) is 0 Å². The molecule has 2 aromatic carbocycles. The van der Waals surface area contributed by atoms with Crippen molar-refractivity contribution in [2.75, 3.05) is 23.7 Å². The molecular weight excluding hydrogens is 354 g/mol. The van der Waals surface area contributed by atoms with Crippen molar-refractivity contribution in [3.63, 3.8) is 0 Å². The van der Waals surface area contributed by atoms with E-state index in [0.29, 0.717) is 31.6 Å². The monoisotopic (exact) mass is 377 g/mol. The number of nitrogens with zero attached hydrogens (tertiary/aromatic N) is 1. The summed E-state index contributed by atoms with van der Waals surface area (Å²) in [6, 6.07) is 15.5. The third kappa shape index (κ3) is 4.06. The normalized spacial score (nSPS) is 18.6. The minimum atomic E-state index is -0.334. The first-order chi connectivity index (χ1) is 13.6. The summed E-state index contributed by atoms with van der Waals surface area (Å²) in [6.07, 6.45) is 2.16. The Labute approximate surface area is 163 Å². The molecule has 2 N–H and O–H groups in total. The smallest absolute Gasteiger partial charge is 0.229 e. The zero-order chi connectivity index (χ0) is 19.5. The number of aryl methyl sites for hydroxylation is 1. The molecule has 2 aromatic rings. The number of benzene rings is 2. The number of nitrogens with one attached hydrogen (secondary N) is 2. The van der Waals surface area contributed by atoms with Gasteiger partial charge in [-0.25, -0.2) is 0 Å². The van der Waals surface area contributed by atoms with Crippen LogP contribution in [0.15, 0.2) is 48.5 Å². The number of carbonyl (C=O) groups excluding carboxylic acids is 3. The van der Waals surface area contributed by atoms with E-state index in [0.717, 1.165) is 17.7 Å². The lowest BCUT2D eigenvalue weighted by Gasteiger charge is -2.19.